The monoisotopic (exact) mass is 623 g/mol. The van der Waals surface area contributed by atoms with Gasteiger partial charge in [0, 0.05) is 34.6 Å². The van der Waals surface area contributed by atoms with Gasteiger partial charge in [-0.1, -0.05) is 84.2 Å². The van der Waals surface area contributed by atoms with Gasteiger partial charge in [-0.05, 0) is 54.3 Å². The molecule has 0 aromatic heterocycles. The average molecular weight is 625 g/mol. The Balaban J connectivity index is 2.08. The Morgan fingerprint density at radius 1 is 0.950 bits per heavy atom. The largest absolute Gasteiger partial charge is 0.354 e. The summed E-state index contributed by atoms with van der Waals surface area (Å²) in [6, 6.07) is 18.0. The van der Waals surface area contributed by atoms with Gasteiger partial charge in [0.2, 0.25) is 21.8 Å². The highest BCUT2D eigenvalue weighted by Gasteiger charge is 2.33. The molecule has 0 aliphatic carbocycles. The first kappa shape index (κ1) is 31.7. The summed E-state index contributed by atoms with van der Waals surface area (Å²) >= 11 is 18.8. The summed E-state index contributed by atoms with van der Waals surface area (Å²) in [6.07, 6.45) is 1.93. The van der Waals surface area contributed by atoms with E-state index in [1.54, 1.807) is 37.3 Å². The molecule has 3 aromatic carbocycles. The fourth-order valence-corrected chi connectivity index (χ4v) is 5.59. The minimum atomic E-state index is -3.90. The van der Waals surface area contributed by atoms with Crippen molar-refractivity contribution < 1.29 is 18.0 Å². The van der Waals surface area contributed by atoms with Crippen LogP contribution in [0.25, 0.3) is 0 Å². The van der Waals surface area contributed by atoms with Crippen LogP contribution in [0.3, 0.4) is 0 Å². The summed E-state index contributed by atoms with van der Waals surface area (Å²) in [5.41, 5.74) is 2.40. The lowest BCUT2D eigenvalue weighted by molar-refractivity contribution is -0.140. The molecule has 214 valence electrons. The number of hydrogen-bond acceptors (Lipinski definition) is 4. The van der Waals surface area contributed by atoms with Gasteiger partial charge in [-0.3, -0.25) is 13.9 Å². The van der Waals surface area contributed by atoms with Crippen LogP contribution >= 0.6 is 34.8 Å². The third kappa shape index (κ3) is 8.61. The van der Waals surface area contributed by atoms with Crippen molar-refractivity contribution in [3.8, 4) is 0 Å². The Labute approximate surface area is 251 Å². The van der Waals surface area contributed by atoms with Crippen LogP contribution in [-0.2, 0) is 32.6 Å². The number of carbonyl (C=O) groups is 2. The van der Waals surface area contributed by atoms with Crippen LogP contribution in [0.2, 0.25) is 15.1 Å². The van der Waals surface area contributed by atoms with E-state index in [4.69, 9.17) is 34.8 Å². The van der Waals surface area contributed by atoms with E-state index >= 15 is 0 Å². The predicted octanol–water partition coefficient (Wildman–Crippen LogP) is 5.89. The Bertz CT molecular complexity index is 1450. The second kappa shape index (κ2) is 14.2. The fraction of sp³-hybridized carbons (Fsp3) is 0.310. The quantitative estimate of drug-likeness (QED) is 0.272. The molecule has 0 aliphatic heterocycles. The van der Waals surface area contributed by atoms with Gasteiger partial charge in [-0.25, -0.2) is 8.42 Å². The van der Waals surface area contributed by atoms with Crippen LogP contribution in [0.1, 0.15) is 30.0 Å². The van der Waals surface area contributed by atoms with E-state index < -0.39 is 28.5 Å². The number of nitrogens with zero attached hydrogens (tertiary/aromatic N) is 2. The lowest BCUT2D eigenvalue weighted by Crippen LogP contribution is -2.53. The molecule has 0 heterocycles. The van der Waals surface area contributed by atoms with Crippen molar-refractivity contribution in [2.75, 3.05) is 23.7 Å². The van der Waals surface area contributed by atoms with E-state index in [1.165, 1.54) is 11.0 Å². The molecule has 0 aliphatic rings. The molecule has 0 saturated heterocycles. The first-order valence-corrected chi connectivity index (χ1v) is 15.7. The first-order chi connectivity index (χ1) is 18.9. The van der Waals surface area contributed by atoms with Crippen molar-refractivity contribution in [3.63, 3.8) is 0 Å². The van der Waals surface area contributed by atoms with E-state index in [0.717, 1.165) is 21.7 Å². The van der Waals surface area contributed by atoms with Crippen molar-refractivity contribution in [2.45, 2.75) is 39.3 Å². The van der Waals surface area contributed by atoms with Crippen molar-refractivity contribution >= 4 is 62.3 Å². The molecular weight excluding hydrogens is 593 g/mol. The van der Waals surface area contributed by atoms with Gasteiger partial charge >= 0.3 is 0 Å². The van der Waals surface area contributed by atoms with Crippen molar-refractivity contribution in [1.29, 1.82) is 0 Å². The molecule has 1 N–H and O–H groups in total. The SMILES string of the molecule is CCCNC(=O)[C@@H](Cc1ccccc1)N(Cc1ccc(Cl)cc1Cl)C(=O)CN(c1ccc(C)c(Cl)c1)S(C)(=O)=O. The molecule has 7 nitrogen and oxygen atoms in total. The molecule has 2 amide bonds. The van der Waals surface area contributed by atoms with E-state index in [1.807, 2.05) is 37.3 Å². The number of aryl methyl sites for hydroxylation is 1. The highest BCUT2D eigenvalue weighted by molar-refractivity contribution is 7.92. The van der Waals surface area contributed by atoms with Gasteiger partial charge < -0.3 is 10.2 Å². The third-order valence-corrected chi connectivity index (χ3v) is 8.43. The lowest BCUT2D eigenvalue weighted by Gasteiger charge is -2.33. The van der Waals surface area contributed by atoms with Crippen LogP contribution in [0.4, 0.5) is 5.69 Å². The highest BCUT2D eigenvalue weighted by atomic mass is 35.5. The normalized spacial score (nSPS) is 12.1. The number of halogens is 3. The van der Waals surface area contributed by atoms with Crippen molar-refractivity contribution in [2.24, 2.45) is 0 Å². The smallest absolute Gasteiger partial charge is 0.244 e. The molecule has 0 spiro atoms. The second-order valence-corrected chi connectivity index (χ2v) is 12.6. The topological polar surface area (TPSA) is 86.8 Å². The summed E-state index contributed by atoms with van der Waals surface area (Å²) < 4.78 is 26.7. The van der Waals surface area contributed by atoms with Crippen LogP contribution in [0.15, 0.2) is 66.7 Å². The van der Waals surface area contributed by atoms with Crippen molar-refractivity contribution in [1.82, 2.24) is 10.2 Å². The highest BCUT2D eigenvalue weighted by Crippen LogP contribution is 2.27. The Hall–Kier alpha value is -2.78. The fourth-order valence-electron chi connectivity index (χ4n) is 4.10. The minimum Gasteiger partial charge on any atom is -0.354 e. The summed E-state index contributed by atoms with van der Waals surface area (Å²) in [5.74, 6) is -0.936. The summed E-state index contributed by atoms with van der Waals surface area (Å²) in [7, 11) is -3.90. The minimum absolute atomic E-state index is 0.0435. The van der Waals surface area contributed by atoms with Gasteiger partial charge in [0.05, 0.1) is 11.9 Å². The van der Waals surface area contributed by atoms with E-state index in [-0.39, 0.29) is 24.6 Å². The van der Waals surface area contributed by atoms with Gasteiger partial charge in [0.1, 0.15) is 12.6 Å². The molecule has 3 rings (SSSR count). The van der Waals surface area contributed by atoms with Crippen LogP contribution < -0.4 is 9.62 Å². The zero-order valence-electron chi connectivity index (χ0n) is 22.5. The number of amides is 2. The number of benzene rings is 3. The Morgan fingerprint density at radius 2 is 1.65 bits per heavy atom. The molecular formula is C29H32Cl3N3O4S. The number of rotatable bonds is 12. The molecule has 0 saturated carbocycles. The Kier molecular flexibility index (Phi) is 11.3. The van der Waals surface area contributed by atoms with E-state index in [0.29, 0.717) is 33.6 Å². The molecule has 11 heteroatoms. The summed E-state index contributed by atoms with van der Waals surface area (Å²) in [4.78, 5) is 28.9. The lowest BCUT2D eigenvalue weighted by atomic mass is 10.0. The number of sulfonamides is 1. The maximum absolute atomic E-state index is 14.1. The summed E-state index contributed by atoms with van der Waals surface area (Å²) in [6.45, 7) is 3.56. The Morgan fingerprint density at radius 3 is 2.25 bits per heavy atom. The maximum atomic E-state index is 14.1. The van der Waals surface area contributed by atoms with Gasteiger partial charge in [0.25, 0.3) is 0 Å². The number of hydrogen-bond donors (Lipinski definition) is 1. The van der Waals surface area contributed by atoms with Gasteiger partial charge in [-0.2, -0.15) is 0 Å². The number of nitrogens with one attached hydrogen (secondary N) is 1. The van der Waals surface area contributed by atoms with Crippen LogP contribution in [-0.4, -0.2) is 50.5 Å². The zero-order chi connectivity index (χ0) is 29.4. The molecule has 0 unspecified atom stereocenters. The first-order valence-electron chi connectivity index (χ1n) is 12.7. The predicted molar refractivity (Wildman–Crippen MR) is 163 cm³/mol. The van der Waals surface area contributed by atoms with Crippen molar-refractivity contribution in [3.05, 3.63) is 98.5 Å². The number of carbonyl (C=O) groups excluding carboxylic acids is 2. The van der Waals surface area contributed by atoms with Crippen LogP contribution in [0, 0.1) is 6.92 Å². The molecule has 1 atom stereocenters. The molecule has 3 aromatic rings. The molecule has 0 radical (unpaired) electrons. The van der Waals surface area contributed by atoms with E-state index in [2.05, 4.69) is 5.32 Å². The van der Waals surface area contributed by atoms with Crippen LogP contribution in [0.5, 0.6) is 0 Å². The molecule has 0 bridgehead atoms. The average Bonchev–Trinajstić information content (AvgIpc) is 2.90. The maximum Gasteiger partial charge on any atom is 0.244 e. The second-order valence-electron chi connectivity index (χ2n) is 9.46. The zero-order valence-corrected chi connectivity index (χ0v) is 25.6. The molecule has 0 fully saturated rings. The van der Waals surface area contributed by atoms with Gasteiger partial charge in [-0.15, -0.1) is 0 Å². The number of anilines is 1. The standard InChI is InChI=1S/C29H32Cl3N3O4S/c1-4-14-33-29(37)27(15-21-8-6-5-7-9-21)34(18-22-11-12-23(30)16-26(22)32)28(36)19-35(40(3,38)39)24-13-10-20(2)25(31)17-24/h5-13,16-17,27H,4,14-15,18-19H2,1-3H3,(H,33,37)/t27-/m1/s1. The van der Waals surface area contributed by atoms with Gasteiger partial charge in [0.15, 0.2) is 0 Å². The molecule has 40 heavy (non-hydrogen) atoms. The summed E-state index contributed by atoms with van der Waals surface area (Å²) in [5, 5.41) is 4.00. The van der Waals surface area contributed by atoms with E-state index in [9.17, 15) is 18.0 Å². The third-order valence-electron chi connectivity index (χ3n) is 6.30.